The first-order valence-corrected chi connectivity index (χ1v) is 10.5. The normalized spacial score (nSPS) is 24.1. The molecule has 0 unspecified atom stereocenters. The monoisotopic (exact) mass is 405 g/mol. The van der Waals surface area contributed by atoms with E-state index in [0.717, 1.165) is 53.9 Å². The SMILES string of the molecule is S=C1N[C@@H](c2ccccn2)[C@H](c2ccc(-c3ccccc3)o2)N1C[C@@H]1CCCO1. The molecule has 0 aliphatic carbocycles. The Labute approximate surface area is 175 Å². The molecule has 1 aromatic carbocycles. The molecule has 0 bridgehead atoms. The van der Waals surface area contributed by atoms with E-state index in [1.54, 1.807) is 0 Å². The predicted molar refractivity (Wildman–Crippen MR) is 115 cm³/mol. The van der Waals surface area contributed by atoms with E-state index >= 15 is 0 Å². The minimum atomic E-state index is -0.0703. The molecule has 29 heavy (non-hydrogen) atoms. The molecule has 0 spiro atoms. The molecule has 5 rings (SSSR count). The zero-order chi connectivity index (χ0) is 19.6. The van der Waals surface area contributed by atoms with Crippen molar-refractivity contribution in [3.63, 3.8) is 0 Å². The van der Waals surface area contributed by atoms with Gasteiger partial charge in [0.2, 0.25) is 0 Å². The van der Waals surface area contributed by atoms with Crippen molar-refractivity contribution in [1.82, 2.24) is 15.2 Å². The topological polar surface area (TPSA) is 50.5 Å². The molecule has 2 aliphatic heterocycles. The Morgan fingerprint density at radius 3 is 2.69 bits per heavy atom. The van der Waals surface area contributed by atoms with Crippen LogP contribution in [0.4, 0.5) is 0 Å². The first kappa shape index (κ1) is 18.3. The maximum absolute atomic E-state index is 6.34. The summed E-state index contributed by atoms with van der Waals surface area (Å²) in [5, 5.41) is 4.19. The fourth-order valence-corrected chi connectivity index (χ4v) is 4.50. The molecule has 2 fully saturated rings. The summed E-state index contributed by atoms with van der Waals surface area (Å²) in [7, 11) is 0. The summed E-state index contributed by atoms with van der Waals surface area (Å²) in [5.74, 6) is 1.74. The van der Waals surface area contributed by atoms with Crippen molar-refractivity contribution in [2.24, 2.45) is 0 Å². The number of hydrogen-bond donors (Lipinski definition) is 1. The summed E-state index contributed by atoms with van der Waals surface area (Å²) < 4.78 is 12.2. The van der Waals surface area contributed by atoms with Gasteiger partial charge in [-0.25, -0.2) is 0 Å². The van der Waals surface area contributed by atoms with Crippen LogP contribution in [0.5, 0.6) is 0 Å². The number of pyridine rings is 1. The number of thiocarbonyl (C=S) groups is 1. The Kier molecular flexibility index (Phi) is 5.04. The van der Waals surface area contributed by atoms with E-state index in [9.17, 15) is 0 Å². The van der Waals surface area contributed by atoms with Crippen LogP contribution < -0.4 is 5.32 Å². The Bertz CT molecular complexity index is 970. The third-order valence-corrected chi connectivity index (χ3v) is 5.95. The van der Waals surface area contributed by atoms with Crippen LogP contribution in [-0.4, -0.2) is 34.3 Å². The van der Waals surface area contributed by atoms with Crippen molar-refractivity contribution in [2.45, 2.75) is 31.0 Å². The lowest BCUT2D eigenvalue weighted by molar-refractivity contribution is 0.0818. The summed E-state index contributed by atoms with van der Waals surface area (Å²) in [4.78, 5) is 6.79. The van der Waals surface area contributed by atoms with Crippen LogP contribution in [0.15, 0.2) is 71.3 Å². The fourth-order valence-electron chi connectivity index (χ4n) is 4.19. The van der Waals surface area contributed by atoms with Crippen LogP contribution in [-0.2, 0) is 4.74 Å². The highest BCUT2D eigenvalue weighted by atomic mass is 32.1. The first-order chi connectivity index (χ1) is 14.3. The highest BCUT2D eigenvalue weighted by molar-refractivity contribution is 7.80. The Balaban J connectivity index is 1.50. The van der Waals surface area contributed by atoms with Crippen molar-refractivity contribution >= 4 is 17.3 Å². The minimum absolute atomic E-state index is 0.0696. The quantitative estimate of drug-likeness (QED) is 0.631. The zero-order valence-corrected chi connectivity index (χ0v) is 16.8. The maximum Gasteiger partial charge on any atom is 0.170 e. The molecule has 148 valence electrons. The molecular weight excluding hydrogens is 382 g/mol. The average Bonchev–Trinajstić information content (AvgIpc) is 3.51. The second kappa shape index (κ2) is 7.97. The highest BCUT2D eigenvalue weighted by Crippen LogP contribution is 2.40. The van der Waals surface area contributed by atoms with Gasteiger partial charge in [0.05, 0.1) is 17.8 Å². The number of nitrogens with one attached hydrogen (secondary N) is 1. The molecule has 0 radical (unpaired) electrons. The van der Waals surface area contributed by atoms with E-state index in [-0.39, 0.29) is 18.2 Å². The molecule has 6 heteroatoms. The Morgan fingerprint density at radius 2 is 1.93 bits per heavy atom. The molecule has 0 amide bonds. The summed E-state index contributed by atoms with van der Waals surface area (Å²) in [6.45, 7) is 1.58. The molecule has 1 N–H and O–H groups in total. The molecule has 2 aromatic heterocycles. The largest absolute Gasteiger partial charge is 0.459 e. The fraction of sp³-hybridized carbons (Fsp3) is 0.304. The Hall–Kier alpha value is -2.70. The van der Waals surface area contributed by atoms with E-state index in [0.29, 0.717) is 0 Å². The van der Waals surface area contributed by atoms with Gasteiger partial charge in [0.1, 0.15) is 17.6 Å². The number of hydrogen-bond acceptors (Lipinski definition) is 4. The molecule has 2 saturated heterocycles. The van der Waals surface area contributed by atoms with Gasteiger partial charge >= 0.3 is 0 Å². The van der Waals surface area contributed by atoms with Crippen LogP contribution in [0.25, 0.3) is 11.3 Å². The van der Waals surface area contributed by atoms with Crippen LogP contribution >= 0.6 is 12.2 Å². The summed E-state index contributed by atoms with van der Waals surface area (Å²) >= 11 is 5.72. The maximum atomic E-state index is 6.34. The molecule has 3 aromatic rings. The number of aromatic nitrogens is 1. The standard InChI is InChI=1S/C23H23N3O2S/c29-23-25-21(18-10-4-5-13-24-18)22(26(23)15-17-9-6-14-27-17)20-12-11-19(28-20)16-7-2-1-3-8-16/h1-5,7-8,10-13,17,21-22H,6,9,14-15H2,(H,25,29)/t17-,21-,22-/m0/s1. The van der Waals surface area contributed by atoms with Crippen LogP contribution in [0.1, 0.15) is 36.4 Å². The van der Waals surface area contributed by atoms with Gasteiger partial charge in [-0.3, -0.25) is 4.98 Å². The average molecular weight is 406 g/mol. The van der Waals surface area contributed by atoms with Crippen molar-refractivity contribution in [2.75, 3.05) is 13.2 Å². The number of furan rings is 1. The van der Waals surface area contributed by atoms with Gasteiger partial charge in [-0.15, -0.1) is 0 Å². The highest BCUT2D eigenvalue weighted by Gasteiger charge is 2.42. The third-order valence-electron chi connectivity index (χ3n) is 5.60. The van der Waals surface area contributed by atoms with E-state index in [4.69, 9.17) is 21.4 Å². The van der Waals surface area contributed by atoms with Crippen molar-refractivity contribution in [3.05, 3.63) is 78.3 Å². The predicted octanol–water partition coefficient (Wildman–Crippen LogP) is 4.49. The lowest BCUT2D eigenvalue weighted by Crippen LogP contribution is -2.36. The van der Waals surface area contributed by atoms with Gasteiger partial charge in [-0.05, 0) is 49.3 Å². The number of nitrogens with zero attached hydrogens (tertiary/aromatic N) is 2. The summed E-state index contributed by atoms with van der Waals surface area (Å²) in [5.41, 5.74) is 2.01. The first-order valence-electron chi connectivity index (χ1n) is 10.0. The van der Waals surface area contributed by atoms with Gasteiger partial charge in [-0.1, -0.05) is 36.4 Å². The zero-order valence-electron chi connectivity index (χ0n) is 16.0. The van der Waals surface area contributed by atoms with Crippen molar-refractivity contribution in [1.29, 1.82) is 0 Å². The van der Waals surface area contributed by atoms with Crippen LogP contribution in [0.3, 0.4) is 0 Å². The van der Waals surface area contributed by atoms with E-state index in [1.165, 1.54) is 0 Å². The minimum Gasteiger partial charge on any atom is -0.459 e. The van der Waals surface area contributed by atoms with Crippen LogP contribution in [0, 0.1) is 0 Å². The van der Waals surface area contributed by atoms with Crippen molar-refractivity contribution < 1.29 is 9.15 Å². The van der Waals surface area contributed by atoms with Gasteiger partial charge in [0.15, 0.2) is 5.11 Å². The van der Waals surface area contributed by atoms with Gasteiger partial charge < -0.3 is 19.4 Å². The number of rotatable bonds is 5. The van der Waals surface area contributed by atoms with E-state index in [1.807, 2.05) is 48.7 Å². The molecular formula is C23H23N3O2S. The summed E-state index contributed by atoms with van der Waals surface area (Å²) in [6, 6.07) is 20.1. The molecule has 0 saturated carbocycles. The molecule has 3 atom stereocenters. The molecule has 4 heterocycles. The van der Waals surface area contributed by atoms with Crippen LogP contribution in [0.2, 0.25) is 0 Å². The lowest BCUT2D eigenvalue weighted by Gasteiger charge is -2.28. The molecule has 5 nitrogen and oxygen atoms in total. The van der Waals surface area contributed by atoms with Gasteiger partial charge in [-0.2, -0.15) is 0 Å². The van der Waals surface area contributed by atoms with E-state index in [2.05, 4.69) is 33.4 Å². The van der Waals surface area contributed by atoms with Gasteiger partial charge in [0, 0.05) is 24.9 Å². The second-order valence-corrected chi connectivity index (χ2v) is 7.87. The number of ether oxygens (including phenoxy) is 1. The smallest absolute Gasteiger partial charge is 0.170 e. The van der Waals surface area contributed by atoms with Crippen molar-refractivity contribution in [3.8, 4) is 11.3 Å². The third kappa shape index (κ3) is 3.66. The lowest BCUT2D eigenvalue weighted by atomic mass is 10.0. The van der Waals surface area contributed by atoms with E-state index < -0.39 is 0 Å². The van der Waals surface area contributed by atoms with Gasteiger partial charge in [0.25, 0.3) is 0 Å². The summed E-state index contributed by atoms with van der Waals surface area (Å²) in [6.07, 6.45) is 4.18. The second-order valence-electron chi connectivity index (χ2n) is 7.48. The number of benzene rings is 1. The molecule has 2 aliphatic rings. The Morgan fingerprint density at radius 1 is 1.07 bits per heavy atom.